The van der Waals surface area contributed by atoms with Gasteiger partial charge in [-0.1, -0.05) is 42.5 Å². The second-order valence-electron chi connectivity index (χ2n) is 6.70. The van der Waals surface area contributed by atoms with Gasteiger partial charge in [-0.25, -0.2) is 0 Å². The SMILES string of the molecule is C[C@H](NC(=O)CN1CCN(CCO)CC1)c1cccc2ccccc12. The Morgan fingerprint density at radius 2 is 1.76 bits per heavy atom. The molecule has 0 radical (unpaired) electrons. The lowest BCUT2D eigenvalue weighted by molar-refractivity contribution is -0.123. The Kier molecular flexibility index (Phi) is 6.02. The van der Waals surface area contributed by atoms with Crippen molar-refractivity contribution >= 4 is 16.7 Å². The fourth-order valence-corrected chi connectivity index (χ4v) is 3.51. The van der Waals surface area contributed by atoms with Crippen LogP contribution in [0.3, 0.4) is 0 Å². The number of hydrogen-bond acceptors (Lipinski definition) is 4. The Bertz CT molecular complexity index is 706. The van der Waals surface area contributed by atoms with Crippen molar-refractivity contribution in [2.75, 3.05) is 45.9 Å². The second kappa shape index (κ2) is 8.43. The molecular formula is C20H27N3O2. The van der Waals surface area contributed by atoms with Gasteiger partial charge in [0, 0.05) is 32.7 Å². The molecule has 0 saturated carbocycles. The van der Waals surface area contributed by atoms with E-state index in [9.17, 15) is 4.79 Å². The molecule has 1 amide bonds. The Hall–Kier alpha value is -1.95. The Labute approximate surface area is 149 Å². The zero-order valence-electron chi connectivity index (χ0n) is 14.8. The summed E-state index contributed by atoms with van der Waals surface area (Å²) in [7, 11) is 0. The first kappa shape index (κ1) is 17.9. The van der Waals surface area contributed by atoms with Gasteiger partial charge < -0.3 is 10.4 Å². The van der Waals surface area contributed by atoms with E-state index in [-0.39, 0.29) is 18.6 Å². The summed E-state index contributed by atoms with van der Waals surface area (Å²) in [6.45, 7) is 6.95. The number of rotatable bonds is 6. The van der Waals surface area contributed by atoms with Gasteiger partial charge in [-0.15, -0.1) is 0 Å². The molecule has 0 aliphatic carbocycles. The summed E-state index contributed by atoms with van der Waals surface area (Å²) in [5.41, 5.74) is 1.15. The zero-order valence-corrected chi connectivity index (χ0v) is 14.8. The third-order valence-electron chi connectivity index (χ3n) is 4.92. The van der Waals surface area contributed by atoms with E-state index < -0.39 is 0 Å². The van der Waals surface area contributed by atoms with E-state index in [0.29, 0.717) is 6.54 Å². The molecule has 3 rings (SSSR count). The predicted molar refractivity (Wildman–Crippen MR) is 100 cm³/mol. The number of nitrogens with one attached hydrogen (secondary N) is 1. The number of fused-ring (bicyclic) bond motifs is 1. The molecule has 1 atom stereocenters. The molecule has 0 bridgehead atoms. The van der Waals surface area contributed by atoms with Gasteiger partial charge >= 0.3 is 0 Å². The first-order valence-electron chi connectivity index (χ1n) is 9.00. The lowest BCUT2D eigenvalue weighted by Gasteiger charge is -2.34. The lowest BCUT2D eigenvalue weighted by Crippen LogP contribution is -2.50. The molecule has 1 aliphatic rings. The average molecular weight is 341 g/mol. The van der Waals surface area contributed by atoms with E-state index in [1.807, 2.05) is 25.1 Å². The Morgan fingerprint density at radius 3 is 2.52 bits per heavy atom. The molecule has 2 aromatic carbocycles. The zero-order chi connectivity index (χ0) is 17.6. The molecule has 5 nitrogen and oxygen atoms in total. The highest BCUT2D eigenvalue weighted by Crippen LogP contribution is 2.23. The maximum Gasteiger partial charge on any atom is 0.234 e. The van der Waals surface area contributed by atoms with Crippen molar-refractivity contribution in [3.05, 3.63) is 48.0 Å². The summed E-state index contributed by atoms with van der Waals surface area (Å²) in [6, 6.07) is 14.5. The van der Waals surface area contributed by atoms with Crippen LogP contribution in [-0.4, -0.2) is 66.7 Å². The molecule has 1 heterocycles. The summed E-state index contributed by atoms with van der Waals surface area (Å²) >= 11 is 0. The molecule has 1 saturated heterocycles. The number of amides is 1. The minimum atomic E-state index is -0.0192. The maximum atomic E-state index is 12.4. The molecule has 25 heavy (non-hydrogen) atoms. The molecule has 1 aliphatic heterocycles. The van der Waals surface area contributed by atoms with Gasteiger partial charge in [0.2, 0.25) is 5.91 Å². The van der Waals surface area contributed by atoms with Crippen LogP contribution in [0.4, 0.5) is 0 Å². The number of carbonyl (C=O) groups excluding carboxylic acids is 1. The molecule has 5 heteroatoms. The van der Waals surface area contributed by atoms with Gasteiger partial charge in [-0.05, 0) is 23.3 Å². The summed E-state index contributed by atoms with van der Waals surface area (Å²) in [4.78, 5) is 16.8. The van der Waals surface area contributed by atoms with Crippen LogP contribution in [0.1, 0.15) is 18.5 Å². The van der Waals surface area contributed by atoms with Crippen molar-refractivity contribution in [1.29, 1.82) is 0 Å². The highest BCUT2D eigenvalue weighted by atomic mass is 16.3. The first-order chi connectivity index (χ1) is 12.2. The number of aliphatic hydroxyl groups is 1. The van der Waals surface area contributed by atoms with Gasteiger partial charge in [0.15, 0.2) is 0 Å². The van der Waals surface area contributed by atoms with Gasteiger partial charge in [0.25, 0.3) is 0 Å². The van der Waals surface area contributed by atoms with E-state index in [0.717, 1.165) is 38.3 Å². The highest BCUT2D eigenvalue weighted by molar-refractivity contribution is 5.87. The fraction of sp³-hybridized carbons (Fsp3) is 0.450. The Morgan fingerprint density at radius 1 is 1.08 bits per heavy atom. The van der Waals surface area contributed by atoms with Gasteiger partial charge in [0.05, 0.1) is 19.2 Å². The quantitative estimate of drug-likeness (QED) is 0.838. The van der Waals surface area contributed by atoms with Crippen LogP contribution in [0.5, 0.6) is 0 Å². The average Bonchev–Trinajstić information content (AvgIpc) is 2.63. The number of piperazine rings is 1. The van der Waals surface area contributed by atoms with Gasteiger partial charge in [0.1, 0.15) is 0 Å². The van der Waals surface area contributed by atoms with E-state index in [1.165, 1.54) is 10.8 Å². The summed E-state index contributed by atoms with van der Waals surface area (Å²) in [5, 5.41) is 14.5. The lowest BCUT2D eigenvalue weighted by atomic mass is 10.00. The molecule has 2 aromatic rings. The summed E-state index contributed by atoms with van der Waals surface area (Å²) in [6.07, 6.45) is 0. The predicted octanol–water partition coefficient (Wildman–Crippen LogP) is 1.63. The van der Waals surface area contributed by atoms with Crippen LogP contribution in [0.2, 0.25) is 0 Å². The fourth-order valence-electron chi connectivity index (χ4n) is 3.51. The highest BCUT2D eigenvalue weighted by Gasteiger charge is 2.19. The Balaban J connectivity index is 1.56. The minimum absolute atomic E-state index is 0.0192. The van der Waals surface area contributed by atoms with Crippen molar-refractivity contribution in [3.8, 4) is 0 Å². The standard InChI is InChI=1S/C20H27N3O2/c1-16(18-8-4-6-17-5-2-3-7-19(17)18)21-20(25)15-23-11-9-22(10-12-23)13-14-24/h2-8,16,24H,9-15H2,1H3,(H,21,25)/t16-/m0/s1. The van der Waals surface area contributed by atoms with E-state index in [4.69, 9.17) is 5.11 Å². The molecule has 0 aromatic heterocycles. The van der Waals surface area contributed by atoms with Crippen molar-refractivity contribution in [1.82, 2.24) is 15.1 Å². The third kappa shape index (κ3) is 4.57. The molecule has 1 fully saturated rings. The molecular weight excluding hydrogens is 314 g/mol. The molecule has 0 unspecified atom stereocenters. The van der Waals surface area contributed by atoms with E-state index in [2.05, 4.69) is 39.4 Å². The number of benzene rings is 2. The van der Waals surface area contributed by atoms with Crippen molar-refractivity contribution in [2.45, 2.75) is 13.0 Å². The maximum absolute atomic E-state index is 12.4. The summed E-state index contributed by atoms with van der Waals surface area (Å²) < 4.78 is 0. The van der Waals surface area contributed by atoms with E-state index in [1.54, 1.807) is 0 Å². The number of β-amino-alcohol motifs (C(OH)–C–C–N with tert-alkyl or cyclic N) is 1. The van der Waals surface area contributed by atoms with Crippen molar-refractivity contribution in [3.63, 3.8) is 0 Å². The van der Waals surface area contributed by atoms with Crippen LogP contribution in [-0.2, 0) is 4.79 Å². The number of nitrogens with zero attached hydrogens (tertiary/aromatic N) is 2. The summed E-state index contributed by atoms with van der Waals surface area (Å²) in [5.74, 6) is 0.0658. The van der Waals surface area contributed by atoms with Gasteiger partial charge in [-0.2, -0.15) is 0 Å². The number of hydrogen-bond donors (Lipinski definition) is 2. The topological polar surface area (TPSA) is 55.8 Å². The number of carbonyl (C=O) groups is 1. The van der Waals surface area contributed by atoms with Crippen LogP contribution in [0, 0.1) is 0 Å². The van der Waals surface area contributed by atoms with Crippen LogP contribution in [0.15, 0.2) is 42.5 Å². The minimum Gasteiger partial charge on any atom is -0.395 e. The van der Waals surface area contributed by atoms with Crippen LogP contribution >= 0.6 is 0 Å². The molecule has 0 spiro atoms. The van der Waals surface area contributed by atoms with Crippen molar-refractivity contribution in [2.24, 2.45) is 0 Å². The smallest absolute Gasteiger partial charge is 0.234 e. The molecule has 2 N–H and O–H groups in total. The van der Waals surface area contributed by atoms with Gasteiger partial charge in [-0.3, -0.25) is 14.6 Å². The third-order valence-corrected chi connectivity index (χ3v) is 4.92. The number of aliphatic hydroxyl groups excluding tert-OH is 1. The second-order valence-corrected chi connectivity index (χ2v) is 6.70. The van der Waals surface area contributed by atoms with Crippen LogP contribution in [0.25, 0.3) is 10.8 Å². The van der Waals surface area contributed by atoms with E-state index >= 15 is 0 Å². The normalized spacial score (nSPS) is 17.5. The van der Waals surface area contributed by atoms with Crippen LogP contribution < -0.4 is 5.32 Å². The first-order valence-corrected chi connectivity index (χ1v) is 9.00. The molecule has 134 valence electrons. The monoisotopic (exact) mass is 341 g/mol. The largest absolute Gasteiger partial charge is 0.395 e. The van der Waals surface area contributed by atoms with Crippen molar-refractivity contribution < 1.29 is 9.90 Å².